The zero-order valence-electron chi connectivity index (χ0n) is 13.6. The summed E-state index contributed by atoms with van der Waals surface area (Å²) in [5, 5.41) is 2.97. The van der Waals surface area contributed by atoms with Crippen LogP contribution in [-0.4, -0.2) is 29.8 Å². The predicted molar refractivity (Wildman–Crippen MR) is 88.6 cm³/mol. The van der Waals surface area contributed by atoms with Crippen LogP contribution in [0, 0.1) is 12.8 Å². The van der Waals surface area contributed by atoms with Crippen LogP contribution in [0.25, 0.3) is 0 Å². The van der Waals surface area contributed by atoms with Crippen molar-refractivity contribution < 1.29 is 9.59 Å². The van der Waals surface area contributed by atoms with Crippen LogP contribution in [0.4, 0.5) is 5.69 Å². The van der Waals surface area contributed by atoms with E-state index in [2.05, 4.69) is 12.2 Å². The lowest BCUT2D eigenvalue weighted by atomic mass is 9.95. The standard InChI is InChI=1S/C18H26N2O2/c1-3-4-5-17(21)20-12-10-15(11-13-20)18(22)19-16-8-6-14(2)7-9-16/h6-9,15H,3-5,10-13H2,1-2H3,(H,19,22). The summed E-state index contributed by atoms with van der Waals surface area (Å²) < 4.78 is 0. The summed E-state index contributed by atoms with van der Waals surface area (Å²) in [4.78, 5) is 26.2. The highest BCUT2D eigenvalue weighted by Gasteiger charge is 2.26. The number of anilines is 1. The number of aryl methyl sites for hydroxylation is 1. The first-order valence-electron chi connectivity index (χ1n) is 8.25. The molecule has 0 aromatic heterocycles. The Balaban J connectivity index is 1.79. The summed E-state index contributed by atoms with van der Waals surface area (Å²) >= 11 is 0. The Morgan fingerprint density at radius 1 is 1.18 bits per heavy atom. The van der Waals surface area contributed by atoms with Crippen LogP contribution in [0.15, 0.2) is 24.3 Å². The molecular weight excluding hydrogens is 276 g/mol. The summed E-state index contributed by atoms with van der Waals surface area (Å²) in [6.45, 7) is 5.52. The van der Waals surface area contributed by atoms with Crippen LogP contribution in [0.3, 0.4) is 0 Å². The highest BCUT2D eigenvalue weighted by atomic mass is 16.2. The van der Waals surface area contributed by atoms with E-state index in [0.717, 1.165) is 31.4 Å². The van der Waals surface area contributed by atoms with E-state index < -0.39 is 0 Å². The Bertz CT molecular complexity index is 502. The quantitative estimate of drug-likeness (QED) is 0.906. The molecule has 0 bridgehead atoms. The molecule has 1 aromatic rings. The molecule has 1 aliphatic rings. The van der Waals surface area contributed by atoms with Crippen molar-refractivity contribution in [3.8, 4) is 0 Å². The third kappa shape index (κ3) is 4.58. The molecule has 2 amide bonds. The highest BCUT2D eigenvalue weighted by molar-refractivity contribution is 5.92. The van der Waals surface area contributed by atoms with Gasteiger partial charge in [0, 0.05) is 31.1 Å². The van der Waals surface area contributed by atoms with Gasteiger partial charge in [-0.1, -0.05) is 31.0 Å². The molecular formula is C18H26N2O2. The van der Waals surface area contributed by atoms with Gasteiger partial charge in [-0.2, -0.15) is 0 Å². The first-order valence-corrected chi connectivity index (χ1v) is 8.25. The van der Waals surface area contributed by atoms with Gasteiger partial charge in [0.05, 0.1) is 0 Å². The van der Waals surface area contributed by atoms with Gasteiger partial charge in [-0.25, -0.2) is 0 Å². The molecule has 22 heavy (non-hydrogen) atoms. The minimum Gasteiger partial charge on any atom is -0.343 e. The molecule has 1 aromatic carbocycles. The number of benzene rings is 1. The number of carbonyl (C=O) groups is 2. The van der Waals surface area contributed by atoms with Crippen LogP contribution in [0.2, 0.25) is 0 Å². The number of nitrogens with zero attached hydrogens (tertiary/aromatic N) is 1. The predicted octanol–water partition coefficient (Wildman–Crippen LogP) is 3.36. The maximum atomic E-state index is 12.3. The van der Waals surface area contributed by atoms with Crippen molar-refractivity contribution in [2.75, 3.05) is 18.4 Å². The fourth-order valence-corrected chi connectivity index (χ4v) is 2.76. The third-order valence-corrected chi connectivity index (χ3v) is 4.28. The lowest BCUT2D eigenvalue weighted by Crippen LogP contribution is -2.41. The Labute approximate surface area is 132 Å². The molecule has 120 valence electrons. The maximum Gasteiger partial charge on any atom is 0.227 e. The van der Waals surface area contributed by atoms with Crippen molar-refractivity contribution in [2.45, 2.75) is 46.0 Å². The molecule has 1 heterocycles. The minimum absolute atomic E-state index is 0.0107. The van der Waals surface area contributed by atoms with E-state index in [9.17, 15) is 9.59 Å². The number of likely N-dealkylation sites (tertiary alicyclic amines) is 1. The summed E-state index contributed by atoms with van der Waals surface area (Å²) in [7, 11) is 0. The smallest absolute Gasteiger partial charge is 0.227 e. The van der Waals surface area contributed by atoms with Crippen LogP contribution in [-0.2, 0) is 9.59 Å². The van der Waals surface area contributed by atoms with Crippen LogP contribution < -0.4 is 5.32 Å². The molecule has 0 spiro atoms. The monoisotopic (exact) mass is 302 g/mol. The molecule has 0 aliphatic carbocycles. The summed E-state index contributed by atoms with van der Waals surface area (Å²) in [5.41, 5.74) is 2.02. The Morgan fingerprint density at radius 2 is 1.82 bits per heavy atom. The summed E-state index contributed by atoms with van der Waals surface area (Å²) in [6, 6.07) is 7.84. The molecule has 0 unspecified atom stereocenters. The van der Waals surface area contributed by atoms with Gasteiger partial charge in [-0.15, -0.1) is 0 Å². The second-order valence-electron chi connectivity index (χ2n) is 6.11. The number of nitrogens with one attached hydrogen (secondary N) is 1. The zero-order valence-corrected chi connectivity index (χ0v) is 13.6. The van der Waals surface area contributed by atoms with E-state index in [1.165, 1.54) is 5.56 Å². The normalized spacial score (nSPS) is 15.6. The van der Waals surface area contributed by atoms with Crippen LogP contribution >= 0.6 is 0 Å². The molecule has 4 heteroatoms. The van der Waals surface area contributed by atoms with Crippen molar-refractivity contribution in [1.29, 1.82) is 0 Å². The molecule has 4 nitrogen and oxygen atoms in total. The molecule has 1 fully saturated rings. The maximum absolute atomic E-state index is 12.3. The van der Waals surface area contributed by atoms with Crippen molar-refractivity contribution >= 4 is 17.5 Å². The molecule has 1 saturated heterocycles. The van der Waals surface area contributed by atoms with E-state index in [0.29, 0.717) is 19.5 Å². The van der Waals surface area contributed by atoms with E-state index in [1.54, 1.807) is 0 Å². The van der Waals surface area contributed by atoms with Gasteiger partial charge in [0.25, 0.3) is 0 Å². The number of amides is 2. The summed E-state index contributed by atoms with van der Waals surface area (Å²) in [6.07, 6.45) is 4.15. The van der Waals surface area contributed by atoms with Gasteiger partial charge >= 0.3 is 0 Å². The lowest BCUT2D eigenvalue weighted by Gasteiger charge is -2.31. The Kier molecular flexibility index (Phi) is 5.99. The molecule has 0 saturated carbocycles. The van der Waals surface area contributed by atoms with E-state index in [1.807, 2.05) is 36.1 Å². The van der Waals surface area contributed by atoms with Gasteiger partial charge in [0.1, 0.15) is 0 Å². The molecule has 0 atom stereocenters. The fraction of sp³-hybridized carbons (Fsp3) is 0.556. The molecule has 1 N–H and O–H groups in total. The lowest BCUT2D eigenvalue weighted by molar-refractivity contribution is -0.134. The van der Waals surface area contributed by atoms with E-state index in [-0.39, 0.29) is 17.7 Å². The highest BCUT2D eigenvalue weighted by Crippen LogP contribution is 2.20. The fourth-order valence-electron chi connectivity index (χ4n) is 2.76. The number of unbranched alkanes of at least 4 members (excludes halogenated alkanes) is 1. The SMILES string of the molecule is CCCCC(=O)N1CCC(C(=O)Nc2ccc(C)cc2)CC1. The van der Waals surface area contributed by atoms with Gasteiger partial charge < -0.3 is 10.2 Å². The number of piperidine rings is 1. The first-order chi connectivity index (χ1) is 10.6. The Hall–Kier alpha value is -1.84. The summed E-state index contributed by atoms with van der Waals surface area (Å²) in [5.74, 6) is 0.320. The van der Waals surface area contributed by atoms with E-state index in [4.69, 9.17) is 0 Å². The molecule has 2 rings (SSSR count). The van der Waals surface area contributed by atoms with E-state index >= 15 is 0 Å². The minimum atomic E-state index is 0.0107. The number of hydrogen-bond donors (Lipinski definition) is 1. The third-order valence-electron chi connectivity index (χ3n) is 4.28. The zero-order chi connectivity index (χ0) is 15.9. The van der Waals surface area contributed by atoms with Gasteiger partial charge in [0.15, 0.2) is 0 Å². The van der Waals surface area contributed by atoms with Gasteiger partial charge in [0.2, 0.25) is 11.8 Å². The molecule has 1 aliphatic heterocycles. The largest absolute Gasteiger partial charge is 0.343 e. The average Bonchev–Trinajstić information content (AvgIpc) is 2.55. The van der Waals surface area contributed by atoms with Gasteiger partial charge in [-0.05, 0) is 38.3 Å². The van der Waals surface area contributed by atoms with Crippen molar-refractivity contribution in [3.05, 3.63) is 29.8 Å². The first kappa shape index (κ1) is 16.5. The van der Waals surface area contributed by atoms with Crippen molar-refractivity contribution in [1.82, 2.24) is 4.90 Å². The van der Waals surface area contributed by atoms with Crippen LogP contribution in [0.1, 0.15) is 44.6 Å². The van der Waals surface area contributed by atoms with Gasteiger partial charge in [-0.3, -0.25) is 9.59 Å². The topological polar surface area (TPSA) is 49.4 Å². The molecule has 0 radical (unpaired) electrons. The number of hydrogen-bond acceptors (Lipinski definition) is 2. The second-order valence-corrected chi connectivity index (χ2v) is 6.11. The van der Waals surface area contributed by atoms with Crippen molar-refractivity contribution in [3.63, 3.8) is 0 Å². The van der Waals surface area contributed by atoms with Crippen LogP contribution in [0.5, 0.6) is 0 Å². The number of rotatable bonds is 5. The Morgan fingerprint density at radius 3 is 2.41 bits per heavy atom. The average molecular weight is 302 g/mol. The van der Waals surface area contributed by atoms with Crippen molar-refractivity contribution in [2.24, 2.45) is 5.92 Å². The number of carbonyl (C=O) groups excluding carboxylic acids is 2. The second kappa shape index (κ2) is 7.97.